The fourth-order valence-corrected chi connectivity index (χ4v) is 3.48. The maximum absolute atomic E-state index is 11.2. The molecule has 0 spiro atoms. The van der Waals surface area contributed by atoms with Gasteiger partial charge in [0.05, 0.1) is 14.2 Å². The molecule has 1 aromatic heterocycles. The average Bonchev–Trinajstić information content (AvgIpc) is 3.36. The van der Waals surface area contributed by atoms with Crippen LogP contribution in [0.2, 0.25) is 0 Å². The van der Waals surface area contributed by atoms with E-state index in [0.29, 0.717) is 34.2 Å². The monoisotopic (exact) mass is 418 g/mol. The number of fused-ring (bicyclic) bond motifs is 1. The summed E-state index contributed by atoms with van der Waals surface area (Å²) in [6.45, 7) is 2.08. The van der Waals surface area contributed by atoms with Crippen molar-refractivity contribution in [3.05, 3.63) is 29.8 Å². The summed E-state index contributed by atoms with van der Waals surface area (Å²) in [4.78, 5) is 9.19. The zero-order chi connectivity index (χ0) is 20.5. The molecule has 0 aliphatic carbocycles. The first-order valence-corrected chi connectivity index (χ1v) is 9.56. The van der Waals surface area contributed by atoms with Crippen molar-refractivity contribution in [1.29, 1.82) is 0 Å². The summed E-state index contributed by atoms with van der Waals surface area (Å²) in [6, 6.07) is 6.94. The third-order valence-electron chi connectivity index (χ3n) is 4.37. The van der Waals surface area contributed by atoms with Gasteiger partial charge < -0.3 is 18.9 Å². The molecule has 2 aromatic carbocycles. The lowest BCUT2D eigenvalue weighted by Crippen LogP contribution is -1.95. The van der Waals surface area contributed by atoms with Gasteiger partial charge in [-0.1, -0.05) is 0 Å². The van der Waals surface area contributed by atoms with Crippen LogP contribution in [0.3, 0.4) is 0 Å². The fourth-order valence-electron chi connectivity index (χ4n) is 3.17. The lowest BCUT2D eigenvalue weighted by atomic mass is 10.0. The summed E-state index contributed by atoms with van der Waals surface area (Å²) >= 11 is 0. The van der Waals surface area contributed by atoms with E-state index in [4.69, 9.17) is 23.5 Å². The second-order valence-electron chi connectivity index (χ2n) is 6.09. The number of ether oxygens (including phenoxy) is 4. The van der Waals surface area contributed by atoms with Gasteiger partial charge in [0.2, 0.25) is 18.3 Å². The smallest absolute Gasteiger partial charge is 0.493 e. The molecule has 150 valence electrons. The molecule has 3 aromatic rings. The van der Waals surface area contributed by atoms with Crippen LogP contribution >= 0.6 is 8.25 Å². The molecule has 0 radical (unpaired) electrons. The third kappa shape index (κ3) is 3.43. The highest BCUT2D eigenvalue weighted by Crippen LogP contribution is 2.45. The van der Waals surface area contributed by atoms with Crippen molar-refractivity contribution >= 4 is 8.25 Å². The lowest BCUT2D eigenvalue weighted by molar-refractivity contribution is 0.173. The summed E-state index contributed by atoms with van der Waals surface area (Å²) in [5, 5.41) is 11.1. The molecule has 2 heterocycles. The topological polar surface area (TPSA) is 125 Å². The Hall–Kier alpha value is -3.36. The van der Waals surface area contributed by atoms with Crippen molar-refractivity contribution in [2.24, 2.45) is 0 Å². The van der Waals surface area contributed by atoms with E-state index in [9.17, 15) is 9.46 Å². The molecule has 11 heteroatoms. The summed E-state index contributed by atoms with van der Waals surface area (Å²) in [5.74, 6) is 1.88. The van der Waals surface area contributed by atoms with Gasteiger partial charge in [0.25, 0.3) is 0 Å². The standard InChI is InChI=1S/C18H16N3O7P/c1-9-4-10(6-13-17(9)27-8-26-13)15-16(20-21-19-15)11-5-12(24-2)18(25-3)14(7-11)28-29(22)23/h4-7H,8H2,1-3H3,(H-,19,20,21,22,23)/p+1. The number of rotatable bonds is 6. The number of methoxy groups -OCH3 is 2. The number of hydrogen-bond donors (Lipinski definition) is 2. The van der Waals surface area contributed by atoms with Gasteiger partial charge in [0, 0.05) is 21.8 Å². The number of aromatic amines is 1. The SMILES string of the molecule is COc1cc(-c2n[nH]nc2-c2cc(C)c3c(c2)OCO3)cc(O[P+](=O)O)c1OC. The van der Waals surface area contributed by atoms with E-state index < -0.39 is 8.25 Å². The molecule has 29 heavy (non-hydrogen) atoms. The van der Waals surface area contributed by atoms with Crippen LogP contribution in [-0.2, 0) is 4.57 Å². The van der Waals surface area contributed by atoms with E-state index in [1.165, 1.54) is 20.3 Å². The predicted molar refractivity (Wildman–Crippen MR) is 102 cm³/mol. The maximum Gasteiger partial charge on any atom is 0.747 e. The Kier molecular flexibility index (Phi) is 4.96. The van der Waals surface area contributed by atoms with E-state index in [2.05, 4.69) is 15.4 Å². The number of H-pyrrole nitrogens is 1. The predicted octanol–water partition coefficient (Wildman–Crippen LogP) is 3.22. The van der Waals surface area contributed by atoms with Crippen molar-refractivity contribution in [1.82, 2.24) is 15.4 Å². The molecule has 0 saturated carbocycles. The minimum atomic E-state index is -2.90. The summed E-state index contributed by atoms with van der Waals surface area (Å²) in [5.41, 5.74) is 3.26. The Morgan fingerprint density at radius 3 is 2.38 bits per heavy atom. The first-order chi connectivity index (χ1) is 14.0. The zero-order valence-electron chi connectivity index (χ0n) is 15.8. The minimum absolute atomic E-state index is 0.0429. The molecule has 0 bridgehead atoms. The van der Waals surface area contributed by atoms with Crippen LogP contribution in [0.15, 0.2) is 24.3 Å². The molecular weight excluding hydrogens is 401 g/mol. The van der Waals surface area contributed by atoms with Crippen molar-refractivity contribution in [2.75, 3.05) is 21.0 Å². The highest BCUT2D eigenvalue weighted by Gasteiger charge is 2.26. The number of nitrogens with zero attached hydrogens (tertiary/aromatic N) is 2. The van der Waals surface area contributed by atoms with Crippen LogP contribution in [0, 0.1) is 6.92 Å². The van der Waals surface area contributed by atoms with E-state index in [1.54, 1.807) is 6.07 Å². The highest BCUT2D eigenvalue weighted by molar-refractivity contribution is 7.32. The average molecular weight is 418 g/mol. The second kappa shape index (κ2) is 7.57. The van der Waals surface area contributed by atoms with E-state index in [0.717, 1.165) is 11.1 Å². The third-order valence-corrected chi connectivity index (χ3v) is 4.73. The fraction of sp³-hybridized carbons (Fsp3) is 0.222. The van der Waals surface area contributed by atoms with Crippen LogP contribution in [0.1, 0.15) is 5.56 Å². The first kappa shape index (κ1) is 19.0. The van der Waals surface area contributed by atoms with Crippen molar-refractivity contribution < 1.29 is 32.9 Å². The van der Waals surface area contributed by atoms with Gasteiger partial charge in [-0.25, -0.2) is 4.52 Å². The van der Waals surface area contributed by atoms with Gasteiger partial charge in [-0.05, 0) is 30.7 Å². The van der Waals surface area contributed by atoms with Gasteiger partial charge in [0.1, 0.15) is 11.4 Å². The van der Waals surface area contributed by atoms with Crippen LogP contribution in [0.4, 0.5) is 0 Å². The summed E-state index contributed by atoms with van der Waals surface area (Å²) in [6.07, 6.45) is 0. The van der Waals surface area contributed by atoms with Gasteiger partial charge in [-0.3, -0.25) is 0 Å². The molecule has 0 amide bonds. The Balaban J connectivity index is 1.85. The number of hydrogen-bond acceptors (Lipinski definition) is 8. The molecule has 1 unspecified atom stereocenters. The molecular formula is C18H17N3O7P+. The Bertz CT molecular complexity index is 1100. The quantitative estimate of drug-likeness (QED) is 0.580. The molecule has 0 saturated heterocycles. The van der Waals surface area contributed by atoms with Crippen LogP contribution in [0.5, 0.6) is 28.7 Å². The Labute approximate surface area is 166 Å². The molecule has 2 N–H and O–H groups in total. The largest absolute Gasteiger partial charge is 0.747 e. The number of nitrogens with one attached hydrogen (secondary N) is 1. The second-order valence-corrected chi connectivity index (χ2v) is 6.75. The van der Waals surface area contributed by atoms with Gasteiger partial charge in [-0.2, -0.15) is 15.4 Å². The van der Waals surface area contributed by atoms with Gasteiger partial charge in [0.15, 0.2) is 17.2 Å². The van der Waals surface area contributed by atoms with E-state index in [-0.39, 0.29) is 18.3 Å². The van der Waals surface area contributed by atoms with Crippen molar-refractivity contribution in [2.45, 2.75) is 6.92 Å². The first-order valence-electron chi connectivity index (χ1n) is 8.43. The summed E-state index contributed by atoms with van der Waals surface area (Å²) < 4.78 is 37.8. The van der Waals surface area contributed by atoms with Gasteiger partial charge >= 0.3 is 8.25 Å². The molecule has 1 aliphatic rings. The Morgan fingerprint density at radius 2 is 1.72 bits per heavy atom. The highest BCUT2D eigenvalue weighted by atomic mass is 31.1. The molecule has 10 nitrogen and oxygen atoms in total. The Morgan fingerprint density at radius 1 is 1.03 bits per heavy atom. The maximum atomic E-state index is 11.2. The lowest BCUT2D eigenvalue weighted by Gasteiger charge is -2.11. The molecule has 4 rings (SSSR count). The normalized spacial score (nSPS) is 12.6. The van der Waals surface area contributed by atoms with E-state index in [1.807, 2.05) is 19.1 Å². The number of aromatic nitrogens is 3. The molecule has 1 atom stereocenters. The number of benzene rings is 2. The van der Waals surface area contributed by atoms with Crippen LogP contribution < -0.4 is 23.5 Å². The molecule has 1 aliphatic heterocycles. The van der Waals surface area contributed by atoms with E-state index >= 15 is 0 Å². The number of aryl methyl sites for hydroxylation is 1. The minimum Gasteiger partial charge on any atom is -0.493 e. The zero-order valence-corrected chi connectivity index (χ0v) is 16.6. The van der Waals surface area contributed by atoms with Crippen molar-refractivity contribution in [3.8, 4) is 51.3 Å². The molecule has 0 fully saturated rings. The van der Waals surface area contributed by atoms with Gasteiger partial charge in [-0.15, -0.1) is 4.89 Å². The van der Waals surface area contributed by atoms with Crippen LogP contribution in [0.25, 0.3) is 22.5 Å². The van der Waals surface area contributed by atoms with Crippen LogP contribution in [-0.4, -0.2) is 41.3 Å². The van der Waals surface area contributed by atoms with Crippen molar-refractivity contribution in [3.63, 3.8) is 0 Å². The summed E-state index contributed by atoms with van der Waals surface area (Å²) in [7, 11) is -0.0428.